The molecule has 1 atom stereocenters. The summed E-state index contributed by atoms with van der Waals surface area (Å²) in [7, 11) is 2.89. The lowest BCUT2D eigenvalue weighted by Crippen LogP contribution is -2.05. The van der Waals surface area contributed by atoms with Crippen molar-refractivity contribution in [1.29, 1.82) is 0 Å². The van der Waals surface area contributed by atoms with Gasteiger partial charge in [-0.1, -0.05) is 54.6 Å². The third kappa shape index (κ3) is 4.13. The Morgan fingerprint density at radius 3 is 2.07 bits per heavy atom. The Hall–Kier alpha value is -3.38. The van der Waals surface area contributed by atoms with Gasteiger partial charge in [0.05, 0.1) is 31.3 Å². The maximum atomic E-state index is 11.4. The van der Waals surface area contributed by atoms with Gasteiger partial charge in [0, 0.05) is 12.0 Å². The Bertz CT molecular complexity index is 955. The predicted octanol–water partition coefficient (Wildman–Crippen LogP) is 4.56. The SMILES string of the molecule is COc1cc(CC(O)c2ccc(-c3ccccc3)cc2)c([N+](=O)[O-])cc1OC. The van der Waals surface area contributed by atoms with Gasteiger partial charge in [-0.3, -0.25) is 10.1 Å². The highest BCUT2D eigenvalue weighted by atomic mass is 16.6. The molecule has 6 heteroatoms. The van der Waals surface area contributed by atoms with Gasteiger partial charge < -0.3 is 14.6 Å². The average molecular weight is 379 g/mol. The van der Waals surface area contributed by atoms with Crippen LogP contribution in [0.1, 0.15) is 17.2 Å². The number of nitro benzene ring substituents is 1. The molecule has 3 aromatic rings. The Morgan fingerprint density at radius 1 is 0.929 bits per heavy atom. The molecule has 3 rings (SSSR count). The summed E-state index contributed by atoms with van der Waals surface area (Å²) < 4.78 is 10.4. The van der Waals surface area contributed by atoms with Gasteiger partial charge in [-0.2, -0.15) is 0 Å². The van der Waals surface area contributed by atoms with Crippen LogP contribution in [0.5, 0.6) is 11.5 Å². The highest BCUT2D eigenvalue weighted by molar-refractivity contribution is 5.63. The van der Waals surface area contributed by atoms with Crippen LogP contribution < -0.4 is 9.47 Å². The zero-order chi connectivity index (χ0) is 20.1. The lowest BCUT2D eigenvalue weighted by atomic mass is 9.97. The van der Waals surface area contributed by atoms with Crippen LogP contribution in [-0.2, 0) is 6.42 Å². The van der Waals surface area contributed by atoms with Gasteiger partial charge >= 0.3 is 0 Å². The van der Waals surface area contributed by atoms with Gasteiger partial charge in [-0.15, -0.1) is 0 Å². The van der Waals surface area contributed by atoms with E-state index in [2.05, 4.69) is 0 Å². The molecule has 0 aliphatic heterocycles. The molecular weight excluding hydrogens is 358 g/mol. The number of hydrogen-bond donors (Lipinski definition) is 1. The van der Waals surface area contributed by atoms with E-state index >= 15 is 0 Å². The van der Waals surface area contributed by atoms with Crippen molar-refractivity contribution >= 4 is 5.69 Å². The average Bonchev–Trinajstić information content (AvgIpc) is 2.73. The fourth-order valence-electron chi connectivity index (χ4n) is 3.10. The maximum Gasteiger partial charge on any atom is 0.276 e. The summed E-state index contributed by atoms with van der Waals surface area (Å²) >= 11 is 0. The number of aliphatic hydroxyl groups is 1. The second kappa shape index (κ2) is 8.54. The molecule has 0 saturated heterocycles. The first-order valence-electron chi connectivity index (χ1n) is 8.76. The van der Waals surface area contributed by atoms with E-state index < -0.39 is 11.0 Å². The molecule has 0 fully saturated rings. The molecular formula is C22H21NO5. The molecule has 0 spiro atoms. The number of methoxy groups -OCH3 is 2. The molecule has 3 aromatic carbocycles. The molecule has 144 valence electrons. The summed E-state index contributed by atoms with van der Waals surface area (Å²) in [6, 6.07) is 20.3. The fourth-order valence-corrected chi connectivity index (χ4v) is 3.10. The summed E-state index contributed by atoms with van der Waals surface area (Å²) in [5, 5.41) is 22.1. The summed E-state index contributed by atoms with van der Waals surface area (Å²) in [5.41, 5.74) is 3.07. The number of rotatable bonds is 7. The molecule has 28 heavy (non-hydrogen) atoms. The Morgan fingerprint density at radius 2 is 1.50 bits per heavy atom. The van der Waals surface area contributed by atoms with Crippen LogP contribution in [0.2, 0.25) is 0 Å². The number of ether oxygens (including phenoxy) is 2. The van der Waals surface area contributed by atoms with Crippen LogP contribution in [0.3, 0.4) is 0 Å². The summed E-state index contributed by atoms with van der Waals surface area (Å²) in [4.78, 5) is 11.0. The molecule has 0 aliphatic carbocycles. The number of benzene rings is 3. The van der Waals surface area contributed by atoms with Crippen LogP contribution in [-0.4, -0.2) is 24.2 Å². The van der Waals surface area contributed by atoms with E-state index in [0.29, 0.717) is 16.9 Å². The highest BCUT2D eigenvalue weighted by Crippen LogP contribution is 2.36. The van der Waals surface area contributed by atoms with Crippen molar-refractivity contribution in [2.45, 2.75) is 12.5 Å². The van der Waals surface area contributed by atoms with Crippen LogP contribution >= 0.6 is 0 Å². The molecule has 6 nitrogen and oxygen atoms in total. The second-order valence-electron chi connectivity index (χ2n) is 6.30. The van der Waals surface area contributed by atoms with Crippen molar-refractivity contribution in [2.75, 3.05) is 14.2 Å². The van der Waals surface area contributed by atoms with Crippen LogP contribution in [0.25, 0.3) is 11.1 Å². The van der Waals surface area contributed by atoms with E-state index in [-0.39, 0.29) is 17.9 Å². The zero-order valence-electron chi connectivity index (χ0n) is 15.7. The number of hydrogen-bond acceptors (Lipinski definition) is 5. The first-order chi connectivity index (χ1) is 13.5. The molecule has 1 unspecified atom stereocenters. The molecule has 0 aromatic heterocycles. The minimum atomic E-state index is -0.887. The lowest BCUT2D eigenvalue weighted by Gasteiger charge is -2.14. The van der Waals surface area contributed by atoms with Crippen LogP contribution in [0.15, 0.2) is 66.7 Å². The first-order valence-corrected chi connectivity index (χ1v) is 8.76. The first kappa shape index (κ1) is 19.4. The van der Waals surface area contributed by atoms with E-state index in [1.807, 2.05) is 54.6 Å². The molecule has 0 amide bonds. The third-order valence-electron chi connectivity index (χ3n) is 4.60. The largest absolute Gasteiger partial charge is 0.493 e. The normalized spacial score (nSPS) is 11.7. The zero-order valence-corrected chi connectivity index (χ0v) is 15.7. The predicted molar refractivity (Wildman–Crippen MR) is 107 cm³/mol. The van der Waals surface area contributed by atoms with Gasteiger partial charge in [-0.25, -0.2) is 0 Å². The highest BCUT2D eigenvalue weighted by Gasteiger charge is 2.22. The number of nitro groups is 1. The molecule has 0 aliphatic rings. The van der Waals surface area contributed by atoms with Crippen molar-refractivity contribution in [3.05, 3.63) is 88.0 Å². The maximum absolute atomic E-state index is 11.4. The molecule has 0 heterocycles. The van der Waals surface area contributed by atoms with Gasteiger partial charge in [0.2, 0.25) is 0 Å². The van der Waals surface area contributed by atoms with E-state index in [4.69, 9.17) is 9.47 Å². The van der Waals surface area contributed by atoms with E-state index in [1.165, 1.54) is 20.3 Å². The summed E-state index contributed by atoms with van der Waals surface area (Å²) in [6.07, 6.45) is -0.803. The van der Waals surface area contributed by atoms with Crippen molar-refractivity contribution in [1.82, 2.24) is 0 Å². The van der Waals surface area contributed by atoms with Crippen molar-refractivity contribution in [2.24, 2.45) is 0 Å². The standard InChI is InChI=1S/C22H21NO5/c1-27-21-13-18(19(23(25)26)14-22(21)28-2)12-20(24)17-10-8-16(9-11-17)15-6-4-3-5-7-15/h3-11,13-14,20,24H,12H2,1-2H3. The van der Waals surface area contributed by atoms with Crippen LogP contribution in [0.4, 0.5) is 5.69 Å². The molecule has 0 saturated carbocycles. The van der Waals surface area contributed by atoms with E-state index in [9.17, 15) is 15.2 Å². The monoisotopic (exact) mass is 379 g/mol. The van der Waals surface area contributed by atoms with Crippen molar-refractivity contribution < 1.29 is 19.5 Å². The van der Waals surface area contributed by atoms with E-state index in [1.54, 1.807) is 6.07 Å². The smallest absolute Gasteiger partial charge is 0.276 e. The Kier molecular flexibility index (Phi) is 5.91. The molecule has 0 radical (unpaired) electrons. The number of aliphatic hydroxyl groups excluding tert-OH is 1. The Balaban J connectivity index is 1.86. The quantitative estimate of drug-likeness (QED) is 0.481. The van der Waals surface area contributed by atoms with Crippen molar-refractivity contribution in [3.8, 4) is 22.6 Å². The van der Waals surface area contributed by atoms with Crippen molar-refractivity contribution in [3.63, 3.8) is 0 Å². The van der Waals surface area contributed by atoms with Crippen LogP contribution in [0, 0.1) is 10.1 Å². The van der Waals surface area contributed by atoms with E-state index in [0.717, 1.165) is 11.1 Å². The lowest BCUT2D eigenvalue weighted by molar-refractivity contribution is -0.385. The van der Waals surface area contributed by atoms with Gasteiger partial charge in [0.1, 0.15) is 0 Å². The summed E-state index contributed by atoms with van der Waals surface area (Å²) in [5.74, 6) is 0.661. The molecule has 1 N–H and O–H groups in total. The fraction of sp³-hybridized carbons (Fsp3) is 0.182. The van der Waals surface area contributed by atoms with Gasteiger partial charge in [-0.05, 0) is 22.8 Å². The van der Waals surface area contributed by atoms with Gasteiger partial charge in [0.25, 0.3) is 5.69 Å². The van der Waals surface area contributed by atoms with Gasteiger partial charge in [0.15, 0.2) is 11.5 Å². The summed E-state index contributed by atoms with van der Waals surface area (Å²) in [6.45, 7) is 0. The second-order valence-corrected chi connectivity index (χ2v) is 6.30. The number of nitrogens with zero attached hydrogens (tertiary/aromatic N) is 1. The third-order valence-corrected chi connectivity index (χ3v) is 4.60. The topological polar surface area (TPSA) is 81.8 Å². The Labute approximate surface area is 163 Å². The minimum Gasteiger partial charge on any atom is -0.493 e. The molecule has 0 bridgehead atoms. The minimum absolute atomic E-state index is 0.0847.